The molecule has 1 aliphatic carbocycles. The number of aryl methyl sites for hydroxylation is 1. The largest absolute Gasteiger partial charge is 0.491 e. The van der Waals surface area contributed by atoms with E-state index >= 15 is 0 Å². The van der Waals surface area contributed by atoms with Gasteiger partial charge in [-0.15, -0.1) is 0 Å². The second-order valence-electron chi connectivity index (χ2n) is 9.28. The monoisotopic (exact) mass is 430 g/mol. The second kappa shape index (κ2) is 9.68. The Labute approximate surface area is 182 Å². The van der Waals surface area contributed by atoms with Crippen molar-refractivity contribution in [1.82, 2.24) is 15.0 Å². The molecule has 1 N–H and O–H groups in total. The van der Waals surface area contributed by atoms with Crippen molar-refractivity contribution in [1.29, 1.82) is 0 Å². The summed E-state index contributed by atoms with van der Waals surface area (Å²) >= 11 is 0. The summed E-state index contributed by atoms with van der Waals surface area (Å²) < 4.78 is 17.9. The first-order chi connectivity index (χ1) is 14.7. The molecule has 1 atom stereocenters. The zero-order valence-corrected chi connectivity index (χ0v) is 18.7. The van der Waals surface area contributed by atoms with Crippen LogP contribution < -0.4 is 9.64 Å². The summed E-state index contributed by atoms with van der Waals surface area (Å²) in [6, 6.07) is 3.32. The molecule has 8 heteroatoms. The molecule has 0 spiro atoms. The molecule has 0 fully saturated rings. The minimum Gasteiger partial charge on any atom is -0.491 e. The van der Waals surface area contributed by atoms with E-state index in [0.29, 0.717) is 23.7 Å². The zero-order chi connectivity index (χ0) is 22.6. The van der Waals surface area contributed by atoms with Crippen LogP contribution in [0.5, 0.6) is 5.75 Å². The third-order valence-corrected chi connectivity index (χ3v) is 4.99. The topological polar surface area (TPSA) is 88.4 Å². The van der Waals surface area contributed by atoms with Crippen LogP contribution in [-0.4, -0.2) is 58.8 Å². The van der Waals surface area contributed by atoms with Crippen LogP contribution in [0.3, 0.4) is 0 Å². The van der Waals surface area contributed by atoms with Gasteiger partial charge in [-0.05, 0) is 30.7 Å². The van der Waals surface area contributed by atoms with Gasteiger partial charge in [-0.3, -0.25) is 9.78 Å². The standard InChI is InChI=1S/C23H31FN4O3/c1-23(2,3)11-15(29)13-28(4)22-18-6-5-7-19(18)26-21(27-22)20-10-17(8-9-25-20)31-14-16(30)12-24/h8-10,16,30H,5-7,11-14H2,1-4H3/t16-/m1/s1. The number of pyridine rings is 1. The number of hydrogen-bond donors (Lipinski definition) is 1. The van der Waals surface area contributed by atoms with E-state index < -0.39 is 12.8 Å². The van der Waals surface area contributed by atoms with Crippen LogP contribution in [0.15, 0.2) is 18.3 Å². The molecule has 3 rings (SSSR count). The van der Waals surface area contributed by atoms with Crippen LogP contribution in [0.1, 0.15) is 44.9 Å². The SMILES string of the molecule is CN(CC(=O)CC(C)(C)C)c1nc(-c2cc(OC[C@H](O)CF)ccn2)nc2c1CCC2. The van der Waals surface area contributed by atoms with Gasteiger partial charge in [0.2, 0.25) is 0 Å². The predicted octanol–water partition coefficient (Wildman–Crippen LogP) is 3.18. The summed E-state index contributed by atoms with van der Waals surface area (Å²) in [5.41, 5.74) is 2.54. The highest BCUT2D eigenvalue weighted by atomic mass is 19.1. The van der Waals surface area contributed by atoms with Gasteiger partial charge in [0.05, 0.1) is 6.54 Å². The van der Waals surface area contributed by atoms with E-state index in [0.717, 1.165) is 36.3 Å². The smallest absolute Gasteiger partial charge is 0.180 e. The van der Waals surface area contributed by atoms with Gasteiger partial charge < -0.3 is 14.7 Å². The summed E-state index contributed by atoms with van der Waals surface area (Å²) in [6.07, 6.45) is 3.66. The molecule has 0 unspecified atom stereocenters. The number of alkyl halides is 1. The minimum atomic E-state index is -1.17. The van der Waals surface area contributed by atoms with Crippen LogP contribution in [0.2, 0.25) is 0 Å². The predicted molar refractivity (Wildman–Crippen MR) is 117 cm³/mol. The fourth-order valence-electron chi connectivity index (χ4n) is 3.69. The molecule has 7 nitrogen and oxygen atoms in total. The first kappa shape index (κ1) is 23.1. The number of likely N-dealkylation sites (N-methyl/N-ethyl adjacent to an activating group) is 1. The lowest BCUT2D eigenvalue weighted by Crippen LogP contribution is -2.30. The van der Waals surface area contributed by atoms with Gasteiger partial charge >= 0.3 is 0 Å². The Hall–Kier alpha value is -2.61. The Bertz CT molecular complexity index is 930. The molecule has 0 saturated heterocycles. The maximum atomic E-state index is 12.5. The Morgan fingerprint density at radius 3 is 2.81 bits per heavy atom. The van der Waals surface area contributed by atoms with Gasteiger partial charge in [0.1, 0.15) is 36.6 Å². The average Bonchev–Trinajstić information content (AvgIpc) is 3.18. The maximum absolute atomic E-state index is 12.5. The number of rotatable bonds is 9. The van der Waals surface area contributed by atoms with E-state index in [1.165, 1.54) is 0 Å². The van der Waals surface area contributed by atoms with Crippen molar-refractivity contribution in [2.24, 2.45) is 5.41 Å². The summed E-state index contributed by atoms with van der Waals surface area (Å²) in [5.74, 6) is 1.85. The average molecular weight is 431 g/mol. The van der Waals surface area contributed by atoms with Gasteiger partial charge in [-0.2, -0.15) is 0 Å². The number of nitrogens with zero attached hydrogens (tertiary/aromatic N) is 4. The first-order valence-electron chi connectivity index (χ1n) is 10.6. The molecule has 0 bridgehead atoms. The number of ketones is 1. The number of aliphatic hydroxyl groups is 1. The molecule has 2 aromatic heterocycles. The maximum Gasteiger partial charge on any atom is 0.180 e. The lowest BCUT2D eigenvalue weighted by atomic mass is 9.90. The number of anilines is 1. The van der Waals surface area contributed by atoms with E-state index in [2.05, 4.69) is 25.8 Å². The minimum absolute atomic E-state index is 0.0587. The Morgan fingerprint density at radius 1 is 1.32 bits per heavy atom. The number of carbonyl (C=O) groups is 1. The van der Waals surface area contributed by atoms with E-state index in [1.807, 2.05) is 11.9 Å². The van der Waals surface area contributed by atoms with E-state index in [1.54, 1.807) is 18.3 Å². The summed E-state index contributed by atoms with van der Waals surface area (Å²) in [5, 5.41) is 9.38. The van der Waals surface area contributed by atoms with Crippen molar-refractivity contribution in [3.05, 3.63) is 29.6 Å². The van der Waals surface area contributed by atoms with Gasteiger partial charge in [0.15, 0.2) is 11.6 Å². The fourth-order valence-corrected chi connectivity index (χ4v) is 3.69. The lowest BCUT2D eigenvalue weighted by molar-refractivity contribution is -0.119. The van der Waals surface area contributed by atoms with Crippen LogP contribution in [-0.2, 0) is 17.6 Å². The number of halogens is 1. The van der Waals surface area contributed by atoms with Gasteiger partial charge in [0.25, 0.3) is 0 Å². The molecule has 0 aliphatic heterocycles. The molecule has 1 aliphatic rings. The van der Waals surface area contributed by atoms with Crippen molar-refractivity contribution >= 4 is 11.6 Å². The number of fused-ring (bicyclic) bond motifs is 1. The molecule has 2 heterocycles. The van der Waals surface area contributed by atoms with Gasteiger partial charge in [0, 0.05) is 37.0 Å². The van der Waals surface area contributed by atoms with Crippen molar-refractivity contribution in [3.8, 4) is 17.3 Å². The molecule has 0 saturated carbocycles. The Morgan fingerprint density at radius 2 is 2.10 bits per heavy atom. The number of aromatic nitrogens is 3. The number of hydrogen-bond acceptors (Lipinski definition) is 7. The van der Waals surface area contributed by atoms with Crippen molar-refractivity contribution in [2.75, 3.05) is 31.8 Å². The van der Waals surface area contributed by atoms with Crippen LogP contribution in [0.25, 0.3) is 11.5 Å². The van der Waals surface area contributed by atoms with Crippen LogP contribution in [0, 0.1) is 5.41 Å². The highest BCUT2D eigenvalue weighted by Gasteiger charge is 2.24. The highest BCUT2D eigenvalue weighted by Crippen LogP contribution is 2.31. The normalized spacial score (nSPS) is 14.3. The van der Waals surface area contributed by atoms with Gasteiger partial charge in [-0.25, -0.2) is 14.4 Å². The zero-order valence-electron chi connectivity index (χ0n) is 18.7. The van der Waals surface area contributed by atoms with E-state index in [9.17, 15) is 14.3 Å². The number of carbonyl (C=O) groups excluding carboxylic acids is 1. The first-order valence-corrected chi connectivity index (χ1v) is 10.6. The number of ether oxygens (including phenoxy) is 1. The Kier molecular flexibility index (Phi) is 7.20. The molecule has 0 aromatic carbocycles. The summed E-state index contributed by atoms with van der Waals surface area (Å²) in [7, 11) is 1.89. The molecule has 2 aromatic rings. The molecule has 0 amide bonds. The van der Waals surface area contributed by atoms with Crippen molar-refractivity contribution in [3.63, 3.8) is 0 Å². The second-order valence-corrected chi connectivity index (χ2v) is 9.28. The fraction of sp³-hybridized carbons (Fsp3) is 0.565. The van der Waals surface area contributed by atoms with Crippen LogP contribution in [0.4, 0.5) is 10.2 Å². The third kappa shape index (κ3) is 6.19. The van der Waals surface area contributed by atoms with Gasteiger partial charge in [-0.1, -0.05) is 20.8 Å². The van der Waals surface area contributed by atoms with Crippen molar-refractivity contribution in [2.45, 2.75) is 52.6 Å². The quantitative estimate of drug-likeness (QED) is 0.654. The molecular formula is C23H31FN4O3. The van der Waals surface area contributed by atoms with E-state index in [4.69, 9.17) is 14.7 Å². The summed E-state index contributed by atoms with van der Waals surface area (Å²) in [6.45, 7) is 5.44. The molecule has 168 valence electrons. The van der Waals surface area contributed by atoms with E-state index in [-0.39, 0.29) is 24.3 Å². The number of aliphatic hydroxyl groups excluding tert-OH is 1. The van der Waals surface area contributed by atoms with Crippen LogP contribution >= 0.6 is 0 Å². The molecule has 0 radical (unpaired) electrons. The number of Topliss-reactive ketones (excluding diaryl/α,β-unsaturated/α-hetero) is 1. The molecule has 31 heavy (non-hydrogen) atoms. The Balaban J connectivity index is 1.86. The van der Waals surface area contributed by atoms with Crippen molar-refractivity contribution < 1.29 is 19.0 Å². The molecular weight excluding hydrogens is 399 g/mol. The lowest BCUT2D eigenvalue weighted by Gasteiger charge is -2.23. The summed E-state index contributed by atoms with van der Waals surface area (Å²) in [4.78, 5) is 28.3. The third-order valence-electron chi connectivity index (χ3n) is 4.99. The highest BCUT2D eigenvalue weighted by molar-refractivity contribution is 5.84.